The van der Waals surface area contributed by atoms with Gasteiger partial charge in [0.15, 0.2) is 0 Å². The predicted octanol–water partition coefficient (Wildman–Crippen LogP) is 2.32. The highest BCUT2D eigenvalue weighted by Gasteiger charge is 2.16. The Bertz CT molecular complexity index is 544. The molecule has 1 aliphatic heterocycles. The van der Waals surface area contributed by atoms with E-state index in [9.17, 15) is 4.39 Å². The number of rotatable bonds is 2. The molecule has 0 unspecified atom stereocenters. The van der Waals surface area contributed by atoms with Gasteiger partial charge < -0.3 is 9.32 Å². The van der Waals surface area contributed by atoms with Crippen molar-refractivity contribution in [2.45, 2.75) is 6.54 Å². The van der Waals surface area contributed by atoms with Crippen molar-refractivity contribution < 1.29 is 8.81 Å². The molecule has 3 rings (SSSR count). The topological polar surface area (TPSA) is 19.6 Å². The maximum atomic E-state index is 13.5. The van der Waals surface area contributed by atoms with E-state index in [2.05, 4.69) is 16.8 Å². The number of piperazine rings is 1. The van der Waals surface area contributed by atoms with Crippen LogP contribution in [0, 0.1) is 5.82 Å². The first kappa shape index (κ1) is 11.7. The van der Waals surface area contributed by atoms with Crippen molar-refractivity contribution >= 4 is 11.0 Å². The summed E-state index contributed by atoms with van der Waals surface area (Å²) < 4.78 is 19.2. The van der Waals surface area contributed by atoms with Crippen molar-refractivity contribution in [2.24, 2.45) is 0 Å². The predicted molar refractivity (Wildman–Crippen MR) is 68.9 cm³/mol. The fourth-order valence-corrected chi connectivity index (χ4v) is 2.38. The molecule has 0 amide bonds. The molecule has 2 heterocycles. The molecule has 0 atom stereocenters. The van der Waals surface area contributed by atoms with Crippen LogP contribution in [0.1, 0.15) is 5.76 Å². The number of fused-ring (bicyclic) bond motifs is 1. The van der Waals surface area contributed by atoms with Crippen LogP contribution in [0.5, 0.6) is 0 Å². The van der Waals surface area contributed by atoms with Crippen LogP contribution in [0.15, 0.2) is 28.7 Å². The zero-order valence-electron chi connectivity index (χ0n) is 10.5. The van der Waals surface area contributed by atoms with E-state index in [0.717, 1.165) is 38.5 Å². The number of furan rings is 1. The van der Waals surface area contributed by atoms with E-state index in [0.29, 0.717) is 11.0 Å². The lowest BCUT2D eigenvalue weighted by atomic mass is 10.2. The van der Waals surface area contributed by atoms with Crippen LogP contribution in [0.2, 0.25) is 0 Å². The number of likely N-dealkylation sites (N-methyl/N-ethyl adjacent to an activating group) is 1. The number of benzene rings is 1. The number of hydrogen-bond acceptors (Lipinski definition) is 3. The van der Waals surface area contributed by atoms with Gasteiger partial charge in [0.05, 0.1) is 11.9 Å². The van der Waals surface area contributed by atoms with Crippen LogP contribution in [0.25, 0.3) is 11.0 Å². The first-order valence-electron chi connectivity index (χ1n) is 6.30. The van der Waals surface area contributed by atoms with Gasteiger partial charge in [-0.2, -0.15) is 0 Å². The van der Waals surface area contributed by atoms with Gasteiger partial charge in [0.25, 0.3) is 0 Å². The minimum absolute atomic E-state index is 0.208. The zero-order valence-corrected chi connectivity index (χ0v) is 10.5. The van der Waals surface area contributed by atoms with E-state index in [-0.39, 0.29) is 5.82 Å². The average Bonchev–Trinajstić information content (AvgIpc) is 2.76. The zero-order chi connectivity index (χ0) is 12.5. The molecule has 2 aromatic rings. The molecule has 1 aliphatic rings. The van der Waals surface area contributed by atoms with E-state index in [1.165, 1.54) is 6.07 Å². The van der Waals surface area contributed by atoms with E-state index in [1.54, 1.807) is 6.07 Å². The summed E-state index contributed by atoms with van der Waals surface area (Å²) in [6, 6.07) is 6.78. The van der Waals surface area contributed by atoms with Gasteiger partial charge in [-0.3, -0.25) is 4.90 Å². The van der Waals surface area contributed by atoms with Gasteiger partial charge in [0, 0.05) is 26.2 Å². The lowest BCUT2D eigenvalue weighted by Gasteiger charge is -2.31. The minimum Gasteiger partial charge on any atom is -0.460 e. The van der Waals surface area contributed by atoms with Gasteiger partial charge in [-0.25, -0.2) is 4.39 Å². The monoisotopic (exact) mass is 248 g/mol. The van der Waals surface area contributed by atoms with Crippen LogP contribution in [-0.4, -0.2) is 43.0 Å². The lowest BCUT2D eigenvalue weighted by Crippen LogP contribution is -2.43. The molecule has 0 bridgehead atoms. The molecule has 1 aromatic carbocycles. The Labute approximate surface area is 106 Å². The Balaban J connectivity index is 1.77. The molecule has 0 aliphatic carbocycles. The lowest BCUT2D eigenvalue weighted by molar-refractivity contribution is 0.141. The molecular formula is C14H17FN2O. The van der Waals surface area contributed by atoms with Gasteiger partial charge in [0.1, 0.15) is 17.2 Å². The van der Waals surface area contributed by atoms with Gasteiger partial charge in [-0.1, -0.05) is 6.07 Å². The van der Waals surface area contributed by atoms with Crippen LogP contribution in [-0.2, 0) is 6.54 Å². The summed E-state index contributed by atoms with van der Waals surface area (Å²) in [4.78, 5) is 4.66. The van der Waals surface area contributed by atoms with E-state index in [1.807, 2.05) is 12.1 Å². The molecule has 1 fully saturated rings. The molecule has 0 radical (unpaired) electrons. The van der Waals surface area contributed by atoms with Gasteiger partial charge >= 0.3 is 0 Å². The standard InChI is InChI=1S/C14H17FN2O/c1-16-5-7-17(8-6-16)10-11-9-12-13(15)3-2-4-14(12)18-11/h2-4,9H,5-8,10H2,1H3. The van der Waals surface area contributed by atoms with Crippen LogP contribution < -0.4 is 0 Å². The summed E-state index contributed by atoms with van der Waals surface area (Å²) in [5.74, 6) is 0.639. The van der Waals surface area contributed by atoms with E-state index in [4.69, 9.17) is 4.42 Å². The first-order chi connectivity index (χ1) is 8.72. The van der Waals surface area contributed by atoms with Crippen molar-refractivity contribution in [3.05, 3.63) is 35.8 Å². The van der Waals surface area contributed by atoms with Gasteiger partial charge in [-0.05, 0) is 25.2 Å². The summed E-state index contributed by atoms with van der Waals surface area (Å²) in [6.07, 6.45) is 0. The van der Waals surface area contributed by atoms with E-state index < -0.39 is 0 Å². The largest absolute Gasteiger partial charge is 0.460 e. The Kier molecular flexibility index (Phi) is 3.06. The third-order valence-electron chi connectivity index (χ3n) is 3.53. The summed E-state index contributed by atoms with van der Waals surface area (Å²) in [5.41, 5.74) is 0.638. The first-order valence-corrected chi connectivity index (χ1v) is 6.30. The van der Waals surface area contributed by atoms with Crippen LogP contribution >= 0.6 is 0 Å². The summed E-state index contributed by atoms with van der Waals surface area (Å²) in [7, 11) is 2.13. The van der Waals surface area contributed by atoms with Crippen molar-refractivity contribution in [3.8, 4) is 0 Å². The maximum Gasteiger partial charge on any atom is 0.137 e. The Morgan fingerprint density at radius 3 is 2.72 bits per heavy atom. The average molecular weight is 248 g/mol. The van der Waals surface area contributed by atoms with Crippen molar-refractivity contribution in [2.75, 3.05) is 33.2 Å². The number of nitrogens with zero attached hydrogens (tertiary/aromatic N) is 2. The van der Waals surface area contributed by atoms with Crippen molar-refractivity contribution in [3.63, 3.8) is 0 Å². The molecule has 1 aromatic heterocycles. The summed E-state index contributed by atoms with van der Waals surface area (Å²) in [5, 5.41) is 0.585. The number of halogens is 1. The summed E-state index contributed by atoms with van der Waals surface area (Å²) in [6.45, 7) is 5.00. The molecular weight excluding hydrogens is 231 g/mol. The molecule has 96 valence electrons. The maximum absolute atomic E-state index is 13.5. The molecule has 0 saturated carbocycles. The van der Waals surface area contributed by atoms with Crippen molar-refractivity contribution in [1.29, 1.82) is 0 Å². The second-order valence-electron chi connectivity index (χ2n) is 4.94. The molecule has 3 nitrogen and oxygen atoms in total. The second-order valence-corrected chi connectivity index (χ2v) is 4.94. The highest BCUT2D eigenvalue weighted by Crippen LogP contribution is 2.23. The number of hydrogen-bond donors (Lipinski definition) is 0. The third kappa shape index (κ3) is 2.26. The smallest absolute Gasteiger partial charge is 0.137 e. The quantitative estimate of drug-likeness (QED) is 0.813. The molecule has 0 N–H and O–H groups in total. The highest BCUT2D eigenvalue weighted by molar-refractivity contribution is 5.78. The molecule has 0 spiro atoms. The Hall–Kier alpha value is -1.39. The summed E-state index contributed by atoms with van der Waals surface area (Å²) >= 11 is 0. The SMILES string of the molecule is CN1CCN(Cc2cc3c(F)cccc3o2)CC1. The molecule has 4 heteroatoms. The normalized spacial score (nSPS) is 18.6. The fourth-order valence-electron chi connectivity index (χ4n) is 2.38. The second kappa shape index (κ2) is 4.71. The Morgan fingerprint density at radius 2 is 2.00 bits per heavy atom. The van der Waals surface area contributed by atoms with Crippen molar-refractivity contribution in [1.82, 2.24) is 9.80 Å². The minimum atomic E-state index is -0.208. The van der Waals surface area contributed by atoms with Gasteiger partial charge in [-0.15, -0.1) is 0 Å². The molecule has 18 heavy (non-hydrogen) atoms. The van der Waals surface area contributed by atoms with Crippen LogP contribution in [0.4, 0.5) is 4.39 Å². The fraction of sp³-hybridized carbons (Fsp3) is 0.429. The van der Waals surface area contributed by atoms with E-state index >= 15 is 0 Å². The third-order valence-corrected chi connectivity index (χ3v) is 3.53. The van der Waals surface area contributed by atoms with Crippen LogP contribution in [0.3, 0.4) is 0 Å². The Morgan fingerprint density at radius 1 is 1.22 bits per heavy atom. The van der Waals surface area contributed by atoms with Gasteiger partial charge in [0.2, 0.25) is 0 Å². The molecule has 1 saturated heterocycles. The highest BCUT2D eigenvalue weighted by atomic mass is 19.1.